The largest absolute Gasteiger partial charge is 0.206 e. The van der Waals surface area contributed by atoms with E-state index in [1.165, 1.54) is 12.1 Å². The normalized spacial score (nSPS) is 11.5. The van der Waals surface area contributed by atoms with Crippen LogP contribution in [0.4, 0.5) is 30.7 Å². The van der Waals surface area contributed by atoms with Crippen LogP contribution >= 0.6 is 0 Å². The Morgan fingerprint density at radius 1 is 0.394 bits per heavy atom. The van der Waals surface area contributed by atoms with Crippen molar-refractivity contribution in [3.8, 4) is 22.3 Å². The lowest BCUT2D eigenvalue weighted by Crippen LogP contribution is -2.02. The molecule has 164 valence electrons. The lowest BCUT2D eigenvalue weighted by molar-refractivity contribution is 0.458. The zero-order chi connectivity index (χ0) is 23.4. The average Bonchev–Trinajstić information content (AvgIpc) is 2.79. The zero-order valence-electron chi connectivity index (χ0n) is 16.5. The van der Waals surface area contributed by atoms with E-state index in [0.29, 0.717) is 11.6 Å². The maximum atomic E-state index is 15.2. The molecule has 0 atom stereocenters. The summed E-state index contributed by atoms with van der Waals surface area (Å²) in [5.41, 5.74) is -1.08. The Balaban J connectivity index is 2.13. The first-order valence-corrected chi connectivity index (χ1v) is 9.71. The van der Waals surface area contributed by atoms with Gasteiger partial charge in [0, 0.05) is 17.0 Å². The van der Waals surface area contributed by atoms with Gasteiger partial charge in [-0.05, 0) is 45.5 Å². The molecule has 0 amide bonds. The van der Waals surface area contributed by atoms with E-state index >= 15 is 4.39 Å². The molecule has 0 saturated heterocycles. The molecule has 0 heterocycles. The van der Waals surface area contributed by atoms with Crippen LogP contribution in [0.15, 0.2) is 66.7 Å². The molecule has 0 aromatic heterocycles. The molecule has 0 fully saturated rings. The van der Waals surface area contributed by atoms with Crippen LogP contribution in [0.1, 0.15) is 0 Å². The Morgan fingerprint density at radius 2 is 0.970 bits per heavy atom. The monoisotopic (exact) mass is 456 g/mol. The van der Waals surface area contributed by atoms with Gasteiger partial charge in [0.15, 0.2) is 34.9 Å². The molecule has 5 aromatic carbocycles. The van der Waals surface area contributed by atoms with Gasteiger partial charge in [0.25, 0.3) is 0 Å². The topological polar surface area (TPSA) is 0 Å². The summed E-state index contributed by atoms with van der Waals surface area (Å²) in [6, 6.07) is 13.6. The van der Waals surface area contributed by atoms with Crippen molar-refractivity contribution < 1.29 is 30.7 Å². The molecular weight excluding hydrogens is 445 g/mol. The van der Waals surface area contributed by atoms with Gasteiger partial charge in [-0.3, -0.25) is 0 Å². The Bertz CT molecular complexity index is 1550. The van der Waals surface area contributed by atoms with Gasteiger partial charge in [0.05, 0.1) is 5.56 Å². The van der Waals surface area contributed by atoms with Crippen molar-refractivity contribution in [2.75, 3.05) is 0 Å². The van der Waals surface area contributed by atoms with Crippen molar-refractivity contribution in [2.24, 2.45) is 0 Å². The van der Waals surface area contributed by atoms with Gasteiger partial charge >= 0.3 is 0 Å². The maximum absolute atomic E-state index is 15.2. The summed E-state index contributed by atoms with van der Waals surface area (Å²) >= 11 is 0. The standard InChI is InChI=1S/C26H11F7/c27-16-8-4-7-13-21(12-5-2-1-3-6-12)14-9-17(28)18(29)10-15(14)23(22(13)16)24-25(32)19(30)11-20(31)26(24)33/h1-11H. The fourth-order valence-electron chi connectivity index (χ4n) is 4.19. The van der Waals surface area contributed by atoms with Gasteiger partial charge in [-0.25, -0.2) is 30.7 Å². The van der Waals surface area contributed by atoms with Gasteiger partial charge in [-0.15, -0.1) is 0 Å². The third-order valence-electron chi connectivity index (χ3n) is 5.56. The lowest BCUT2D eigenvalue weighted by Gasteiger charge is -2.19. The summed E-state index contributed by atoms with van der Waals surface area (Å²) < 4.78 is 102. The van der Waals surface area contributed by atoms with Crippen LogP contribution in [-0.2, 0) is 0 Å². The van der Waals surface area contributed by atoms with Crippen molar-refractivity contribution in [2.45, 2.75) is 0 Å². The number of hydrogen-bond acceptors (Lipinski definition) is 0. The third kappa shape index (κ3) is 3.15. The third-order valence-corrected chi connectivity index (χ3v) is 5.56. The number of halogens is 7. The van der Waals surface area contributed by atoms with E-state index in [1.807, 2.05) is 0 Å². The summed E-state index contributed by atoms with van der Waals surface area (Å²) in [5.74, 6) is -10.6. The predicted octanol–water partition coefficient (Wildman–Crippen LogP) is 8.30. The van der Waals surface area contributed by atoms with Crippen molar-refractivity contribution in [3.05, 3.63) is 107 Å². The second-order valence-electron chi connectivity index (χ2n) is 7.43. The van der Waals surface area contributed by atoms with Crippen LogP contribution in [0.5, 0.6) is 0 Å². The fraction of sp³-hybridized carbons (Fsp3) is 0. The van der Waals surface area contributed by atoms with E-state index < -0.39 is 57.2 Å². The van der Waals surface area contributed by atoms with Gasteiger partial charge in [0.1, 0.15) is 5.82 Å². The highest BCUT2D eigenvalue weighted by molar-refractivity contribution is 6.21. The highest BCUT2D eigenvalue weighted by Gasteiger charge is 2.27. The molecule has 7 heteroatoms. The second-order valence-corrected chi connectivity index (χ2v) is 7.43. The molecule has 5 aromatic rings. The van der Waals surface area contributed by atoms with Crippen LogP contribution < -0.4 is 0 Å². The maximum Gasteiger partial charge on any atom is 0.169 e. The predicted molar refractivity (Wildman–Crippen MR) is 112 cm³/mol. The molecule has 0 aliphatic carbocycles. The summed E-state index contributed by atoms with van der Waals surface area (Å²) in [5, 5.41) is -0.624. The van der Waals surface area contributed by atoms with Gasteiger partial charge in [-0.2, -0.15) is 0 Å². The molecule has 0 aliphatic heterocycles. The summed E-state index contributed by atoms with van der Waals surface area (Å²) in [6.07, 6.45) is 0. The molecule has 0 aliphatic rings. The van der Waals surface area contributed by atoms with Crippen molar-refractivity contribution in [1.29, 1.82) is 0 Å². The quantitative estimate of drug-likeness (QED) is 0.142. The first-order chi connectivity index (χ1) is 15.8. The number of fused-ring (bicyclic) bond motifs is 2. The van der Waals surface area contributed by atoms with Crippen molar-refractivity contribution >= 4 is 21.5 Å². The highest BCUT2D eigenvalue weighted by atomic mass is 19.2. The van der Waals surface area contributed by atoms with E-state index in [-0.39, 0.29) is 27.8 Å². The molecule has 33 heavy (non-hydrogen) atoms. The summed E-state index contributed by atoms with van der Waals surface area (Å²) in [4.78, 5) is 0. The van der Waals surface area contributed by atoms with Crippen LogP contribution in [0.25, 0.3) is 43.8 Å². The van der Waals surface area contributed by atoms with E-state index in [4.69, 9.17) is 0 Å². The van der Waals surface area contributed by atoms with E-state index in [2.05, 4.69) is 0 Å². The van der Waals surface area contributed by atoms with E-state index in [0.717, 1.165) is 12.1 Å². The molecule has 0 unspecified atom stereocenters. The minimum Gasteiger partial charge on any atom is -0.206 e. The van der Waals surface area contributed by atoms with Gasteiger partial charge < -0.3 is 0 Å². The molecule has 0 radical (unpaired) electrons. The summed E-state index contributed by atoms with van der Waals surface area (Å²) in [6.45, 7) is 0. The van der Waals surface area contributed by atoms with Crippen LogP contribution in [0, 0.1) is 40.7 Å². The van der Waals surface area contributed by atoms with Crippen molar-refractivity contribution in [3.63, 3.8) is 0 Å². The SMILES string of the molecule is Fc1cc2c(-c3ccccc3)c3cccc(F)c3c(-c3c(F)c(F)cc(F)c3F)c2cc1F. The molecule has 0 N–H and O–H groups in total. The number of benzene rings is 5. The Hall–Kier alpha value is -3.87. The molecule has 0 saturated carbocycles. The second kappa shape index (κ2) is 7.62. The Morgan fingerprint density at radius 3 is 1.58 bits per heavy atom. The van der Waals surface area contributed by atoms with Crippen LogP contribution in [-0.4, -0.2) is 0 Å². The van der Waals surface area contributed by atoms with Crippen LogP contribution in [0.3, 0.4) is 0 Å². The number of rotatable bonds is 2. The minimum absolute atomic E-state index is 0.0170. The van der Waals surface area contributed by atoms with E-state index in [9.17, 15) is 26.3 Å². The highest BCUT2D eigenvalue weighted by Crippen LogP contribution is 2.46. The minimum atomic E-state index is -1.78. The van der Waals surface area contributed by atoms with Crippen molar-refractivity contribution in [1.82, 2.24) is 0 Å². The molecule has 5 rings (SSSR count). The first kappa shape index (κ1) is 21.0. The lowest BCUT2D eigenvalue weighted by atomic mass is 9.85. The van der Waals surface area contributed by atoms with E-state index in [1.54, 1.807) is 30.3 Å². The molecular formula is C26H11F7. The average molecular weight is 456 g/mol. The number of hydrogen-bond donors (Lipinski definition) is 0. The Labute approximate surface area is 182 Å². The molecule has 0 nitrogen and oxygen atoms in total. The fourth-order valence-corrected chi connectivity index (χ4v) is 4.19. The smallest absolute Gasteiger partial charge is 0.169 e. The Kier molecular flexibility index (Phi) is 4.85. The summed E-state index contributed by atoms with van der Waals surface area (Å²) in [7, 11) is 0. The van der Waals surface area contributed by atoms with Gasteiger partial charge in [-0.1, -0.05) is 42.5 Å². The van der Waals surface area contributed by atoms with Gasteiger partial charge in [0.2, 0.25) is 0 Å². The molecule has 0 bridgehead atoms. The molecule has 0 spiro atoms. The zero-order valence-corrected chi connectivity index (χ0v) is 16.5. The first-order valence-electron chi connectivity index (χ1n) is 9.71. The van der Waals surface area contributed by atoms with Crippen LogP contribution in [0.2, 0.25) is 0 Å².